The first-order valence-electron chi connectivity index (χ1n) is 5.74. The number of hydrogen-bond acceptors (Lipinski definition) is 3. The molecule has 19 heavy (non-hydrogen) atoms. The van der Waals surface area contributed by atoms with Gasteiger partial charge in [0.15, 0.2) is 0 Å². The zero-order valence-corrected chi connectivity index (χ0v) is 11.0. The summed E-state index contributed by atoms with van der Waals surface area (Å²) in [6.45, 7) is 0. The second-order valence-corrected chi connectivity index (χ2v) is 4.63. The lowest BCUT2D eigenvalue weighted by Gasteiger charge is -2.01. The largest absolute Gasteiger partial charge is 0.396 e. The average molecular weight is 274 g/mol. The Hall–Kier alpha value is -2.27. The maximum Gasteiger partial charge on any atom is 0.134 e. The normalized spacial score (nSPS) is 10.8. The molecule has 2 N–H and O–H groups in total. The SMILES string of the molecule is Cn1nccc1-c1nn(-c2ccc(Cl)cc2)cc1N. The van der Waals surface area contributed by atoms with Crippen molar-refractivity contribution in [3.05, 3.63) is 47.7 Å². The third-order valence-corrected chi connectivity index (χ3v) is 3.15. The van der Waals surface area contributed by atoms with Gasteiger partial charge in [0, 0.05) is 18.3 Å². The second-order valence-electron chi connectivity index (χ2n) is 4.19. The van der Waals surface area contributed by atoms with Crippen molar-refractivity contribution in [2.24, 2.45) is 7.05 Å². The van der Waals surface area contributed by atoms with Gasteiger partial charge < -0.3 is 5.73 Å². The second kappa shape index (κ2) is 4.44. The zero-order valence-electron chi connectivity index (χ0n) is 10.3. The molecule has 0 aliphatic heterocycles. The summed E-state index contributed by atoms with van der Waals surface area (Å²) in [5.74, 6) is 0. The third kappa shape index (κ3) is 2.08. The Morgan fingerprint density at radius 3 is 2.53 bits per heavy atom. The van der Waals surface area contributed by atoms with Gasteiger partial charge in [0.1, 0.15) is 5.69 Å². The lowest BCUT2D eigenvalue weighted by atomic mass is 10.3. The van der Waals surface area contributed by atoms with E-state index in [9.17, 15) is 0 Å². The van der Waals surface area contributed by atoms with Crippen LogP contribution in [0, 0.1) is 0 Å². The monoisotopic (exact) mass is 273 g/mol. The summed E-state index contributed by atoms with van der Waals surface area (Å²) in [7, 11) is 1.86. The Balaban J connectivity index is 2.07. The minimum atomic E-state index is 0.610. The number of aromatic nitrogens is 4. The lowest BCUT2D eigenvalue weighted by Crippen LogP contribution is -1.97. The summed E-state index contributed by atoms with van der Waals surface area (Å²) in [5.41, 5.74) is 9.13. The Kier molecular flexibility index (Phi) is 2.76. The number of benzene rings is 1. The third-order valence-electron chi connectivity index (χ3n) is 2.90. The van der Waals surface area contributed by atoms with Gasteiger partial charge in [0.25, 0.3) is 0 Å². The summed E-state index contributed by atoms with van der Waals surface area (Å²) in [6.07, 6.45) is 3.50. The summed E-state index contributed by atoms with van der Waals surface area (Å²) in [6, 6.07) is 9.30. The van der Waals surface area contributed by atoms with Crippen LogP contribution in [0.25, 0.3) is 17.1 Å². The van der Waals surface area contributed by atoms with Gasteiger partial charge in [-0.2, -0.15) is 10.2 Å². The molecule has 1 aromatic carbocycles. The molecule has 0 aliphatic rings. The minimum Gasteiger partial charge on any atom is -0.396 e. The van der Waals surface area contributed by atoms with Gasteiger partial charge in [0.2, 0.25) is 0 Å². The van der Waals surface area contributed by atoms with Gasteiger partial charge in [-0.3, -0.25) is 4.68 Å². The fourth-order valence-electron chi connectivity index (χ4n) is 1.92. The highest BCUT2D eigenvalue weighted by Gasteiger charge is 2.12. The van der Waals surface area contributed by atoms with Crippen molar-refractivity contribution < 1.29 is 0 Å². The predicted molar refractivity (Wildman–Crippen MR) is 75.2 cm³/mol. The summed E-state index contributed by atoms with van der Waals surface area (Å²) >= 11 is 5.87. The molecule has 5 nitrogen and oxygen atoms in total. The first-order valence-corrected chi connectivity index (χ1v) is 6.12. The molecule has 2 aromatic heterocycles. The van der Waals surface area contributed by atoms with Gasteiger partial charge in [0.05, 0.1) is 23.3 Å². The van der Waals surface area contributed by atoms with E-state index in [-0.39, 0.29) is 0 Å². The van der Waals surface area contributed by atoms with Crippen molar-refractivity contribution in [1.29, 1.82) is 0 Å². The number of nitrogen functional groups attached to an aromatic ring is 1. The number of nitrogens with two attached hydrogens (primary N) is 1. The van der Waals surface area contributed by atoms with E-state index in [1.807, 2.05) is 37.4 Å². The quantitative estimate of drug-likeness (QED) is 0.780. The standard InChI is InChI=1S/C13H12ClN5/c1-18-12(6-7-16-18)13-11(15)8-19(17-13)10-4-2-9(14)3-5-10/h2-8H,15H2,1H3. The van der Waals surface area contributed by atoms with Gasteiger partial charge in [-0.1, -0.05) is 11.6 Å². The molecule has 3 aromatic rings. The number of halogens is 1. The highest BCUT2D eigenvalue weighted by molar-refractivity contribution is 6.30. The Morgan fingerprint density at radius 1 is 1.16 bits per heavy atom. The van der Waals surface area contributed by atoms with Crippen molar-refractivity contribution in [3.8, 4) is 17.1 Å². The Labute approximate surface area is 115 Å². The van der Waals surface area contributed by atoms with Crippen LogP contribution in [0.5, 0.6) is 0 Å². The number of hydrogen-bond donors (Lipinski definition) is 1. The molecule has 0 amide bonds. The first kappa shape index (κ1) is 11.8. The maximum atomic E-state index is 6.02. The molecule has 0 saturated carbocycles. The van der Waals surface area contributed by atoms with Gasteiger partial charge in [-0.05, 0) is 30.3 Å². The van der Waals surface area contributed by atoms with E-state index in [1.54, 1.807) is 21.8 Å². The molecule has 0 aliphatic carbocycles. The van der Waals surface area contributed by atoms with Crippen molar-refractivity contribution in [1.82, 2.24) is 19.6 Å². The van der Waals surface area contributed by atoms with Crippen LogP contribution in [0.15, 0.2) is 42.7 Å². The van der Waals surface area contributed by atoms with Crippen LogP contribution in [0.4, 0.5) is 5.69 Å². The lowest BCUT2D eigenvalue weighted by molar-refractivity contribution is 0.769. The fraction of sp³-hybridized carbons (Fsp3) is 0.0769. The van der Waals surface area contributed by atoms with E-state index < -0.39 is 0 Å². The molecule has 0 bridgehead atoms. The molecule has 0 spiro atoms. The van der Waals surface area contributed by atoms with E-state index in [0.717, 1.165) is 17.1 Å². The molecule has 0 atom stereocenters. The number of aryl methyl sites for hydroxylation is 1. The molecule has 0 fully saturated rings. The smallest absolute Gasteiger partial charge is 0.134 e. The van der Waals surface area contributed by atoms with E-state index in [1.165, 1.54) is 0 Å². The van der Waals surface area contributed by atoms with E-state index in [2.05, 4.69) is 10.2 Å². The van der Waals surface area contributed by atoms with Crippen LogP contribution in [0.1, 0.15) is 0 Å². The molecule has 96 valence electrons. The molecule has 3 rings (SSSR count). The summed E-state index contributed by atoms with van der Waals surface area (Å²) < 4.78 is 3.47. The first-order chi connectivity index (χ1) is 9.15. The van der Waals surface area contributed by atoms with Gasteiger partial charge in [-0.25, -0.2) is 4.68 Å². The fourth-order valence-corrected chi connectivity index (χ4v) is 2.04. The topological polar surface area (TPSA) is 61.7 Å². The number of nitrogens with zero attached hydrogens (tertiary/aromatic N) is 4. The number of rotatable bonds is 2. The molecule has 0 radical (unpaired) electrons. The predicted octanol–water partition coefficient (Wildman–Crippen LogP) is 2.51. The van der Waals surface area contributed by atoms with Crippen LogP contribution in [0.3, 0.4) is 0 Å². The van der Waals surface area contributed by atoms with E-state index in [4.69, 9.17) is 17.3 Å². The Morgan fingerprint density at radius 2 is 1.89 bits per heavy atom. The average Bonchev–Trinajstić information content (AvgIpc) is 2.96. The summed E-state index contributed by atoms with van der Waals surface area (Å²) in [5, 5.41) is 9.31. The molecular weight excluding hydrogens is 262 g/mol. The maximum absolute atomic E-state index is 6.02. The van der Waals surface area contributed by atoms with Gasteiger partial charge in [-0.15, -0.1) is 0 Å². The van der Waals surface area contributed by atoms with Crippen LogP contribution >= 0.6 is 11.6 Å². The summed E-state index contributed by atoms with van der Waals surface area (Å²) in [4.78, 5) is 0. The van der Waals surface area contributed by atoms with Crippen molar-refractivity contribution in [2.45, 2.75) is 0 Å². The van der Waals surface area contributed by atoms with Gasteiger partial charge >= 0.3 is 0 Å². The highest BCUT2D eigenvalue weighted by Crippen LogP contribution is 2.25. The molecule has 6 heteroatoms. The zero-order chi connectivity index (χ0) is 13.4. The molecule has 0 unspecified atom stereocenters. The highest BCUT2D eigenvalue weighted by atomic mass is 35.5. The Bertz CT molecular complexity index is 711. The molecule has 0 saturated heterocycles. The van der Waals surface area contributed by atoms with E-state index in [0.29, 0.717) is 10.7 Å². The number of anilines is 1. The van der Waals surface area contributed by atoms with Crippen LogP contribution in [-0.2, 0) is 7.05 Å². The molecule has 2 heterocycles. The van der Waals surface area contributed by atoms with Crippen LogP contribution in [0.2, 0.25) is 5.02 Å². The van der Waals surface area contributed by atoms with Crippen molar-refractivity contribution in [2.75, 3.05) is 5.73 Å². The van der Waals surface area contributed by atoms with Crippen LogP contribution in [-0.4, -0.2) is 19.6 Å². The minimum absolute atomic E-state index is 0.610. The van der Waals surface area contributed by atoms with Crippen molar-refractivity contribution in [3.63, 3.8) is 0 Å². The van der Waals surface area contributed by atoms with Crippen LogP contribution < -0.4 is 5.73 Å². The molecular formula is C13H12ClN5. The van der Waals surface area contributed by atoms with Crippen molar-refractivity contribution >= 4 is 17.3 Å². The van der Waals surface area contributed by atoms with E-state index >= 15 is 0 Å².